The van der Waals surface area contributed by atoms with Crippen molar-refractivity contribution in [2.45, 2.75) is 13.8 Å². The first kappa shape index (κ1) is 13.4. The lowest BCUT2D eigenvalue weighted by Gasteiger charge is -2.13. The molecule has 0 fully saturated rings. The molecule has 0 radical (unpaired) electrons. The lowest BCUT2D eigenvalue weighted by molar-refractivity contribution is 0.0694. The van der Waals surface area contributed by atoms with E-state index in [0.29, 0.717) is 16.5 Å². The third-order valence-corrected chi connectivity index (χ3v) is 3.03. The Hall–Kier alpha value is -2.00. The molecule has 0 bridgehead atoms. The summed E-state index contributed by atoms with van der Waals surface area (Å²) in [5, 5.41) is 9.80. The van der Waals surface area contributed by atoms with Crippen LogP contribution in [0.3, 0.4) is 0 Å². The van der Waals surface area contributed by atoms with Gasteiger partial charge in [0.1, 0.15) is 17.1 Å². The highest BCUT2D eigenvalue weighted by Gasteiger charge is 2.15. The molecular weight excluding hydrogens is 264 g/mol. The Morgan fingerprint density at radius 3 is 2.53 bits per heavy atom. The second kappa shape index (κ2) is 5.33. The maximum absolute atomic E-state index is 11.2. The zero-order valence-corrected chi connectivity index (χ0v) is 11.4. The molecule has 1 N–H and O–H groups in total. The number of benzene rings is 2. The van der Waals surface area contributed by atoms with Crippen LogP contribution in [0.4, 0.5) is 0 Å². The minimum Gasteiger partial charge on any atom is -0.478 e. The molecule has 0 heterocycles. The topological polar surface area (TPSA) is 46.5 Å². The smallest absolute Gasteiger partial charge is 0.339 e. The highest BCUT2D eigenvalue weighted by atomic mass is 35.5. The largest absolute Gasteiger partial charge is 0.478 e. The van der Waals surface area contributed by atoms with E-state index in [1.54, 1.807) is 24.3 Å². The third kappa shape index (κ3) is 2.88. The molecular formula is C15H13ClO3. The number of rotatable bonds is 3. The molecule has 0 aliphatic heterocycles. The summed E-state index contributed by atoms with van der Waals surface area (Å²) in [7, 11) is 0. The lowest BCUT2D eigenvalue weighted by Crippen LogP contribution is -2.02. The van der Waals surface area contributed by atoms with Crippen LogP contribution >= 0.6 is 11.6 Å². The first-order chi connectivity index (χ1) is 8.99. The van der Waals surface area contributed by atoms with E-state index in [0.717, 1.165) is 11.1 Å². The van der Waals surface area contributed by atoms with Gasteiger partial charge in [0.2, 0.25) is 0 Å². The third-order valence-electron chi connectivity index (χ3n) is 2.79. The molecule has 4 heteroatoms. The maximum Gasteiger partial charge on any atom is 0.339 e. The molecule has 0 saturated heterocycles. The number of carboxylic acid groups (broad SMARTS) is 1. The minimum absolute atomic E-state index is 0.148. The number of carboxylic acids is 1. The van der Waals surface area contributed by atoms with E-state index in [1.165, 1.54) is 6.07 Å². The van der Waals surface area contributed by atoms with Crippen molar-refractivity contribution in [1.29, 1.82) is 0 Å². The van der Waals surface area contributed by atoms with Crippen molar-refractivity contribution >= 4 is 17.6 Å². The monoisotopic (exact) mass is 276 g/mol. The Kier molecular flexibility index (Phi) is 3.76. The Labute approximate surface area is 116 Å². The molecule has 0 aliphatic rings. The normalized spacial score (nSPS) is 10.3. The van der Waals surface area contributed by atoms with Crippen molar-refractivity contribution in [3.63, 3.8) is 0 Å². The standard InChI is InChI=1S/C15H13ClO3/c1-9-4-3-5-12(15(17)18)14(9)19-13-7-6-11(16)8-10(13)2/h3-8H,1-2H3,(H,17,18). The number of hydrogen-bond donors (Lipinski definition) is 1. The highest BCUT2D eigenvalue weighted by molar-refractivity contribution is 6.30. The van der Waals surface area contributed by atoms with Crippen molar-refractivity contribution < 1.29 is 14.6 Å². The Morgan fingerprint density at radius 1 is 1.16 bits per heavy atom. The fraction of sp³-hybridized carbons (Fsp3) is 0.133. The maximum atomic E-state index is 11.2. The van der Waals surface area contributed by atoms with E-state index in [-0.39, 0.29) is 5.56 Å². The molecule has 0 spiro atoms. The molecule has 2 aromatic rings. The van der Waals surface area contributed by atoms with Gasteiger partial charge >= 0.3 is 5.97 Å². The zero-order valence-electron chi connectivity index (χ0n) is 10.6. The first-order valence-electron chi connectivity index (χ1n) is 5.76. The second-order valence-electron chi connectivity index (χ2n) is 4.27. The molecule has 2 aromatic carbocycles. The van der Waals surface area contributed by atoms with E-state index < -0.39 is 5.97 Å². The number of hydrogen-bond acceptors (Lipinski definition) is 2. The van der Waals surface area contributed by atoms with Crippen LogP contribution in [0.15, 0.2) is 36.4 Å². The Bertz CT molecular complexity index is 635. The van der Waals surface area contributed by atoms with Crippen LogP contribution < -0.4 is 4.74 Å². The van der Waals surface area contributed by atoms with Gasteiger partial charge in [-0.15, -0.1) is 0 Å². The molecule has 2 rings (SSSR count). The summed E-state index contributed by atoms with van der Waals surface area (Å²) in [6.07, 6.45) is 0. The number of carbonyl (C=O) groups is 1. The molecule has 0 aliphatic carbocycles. The summed E-state index contributed by atoms with van der Waals surface area (Å²) in [6.45, 7) is 3.67. The van der Waals surface area contributed by atoms with Crippen molar-refractivity contribution in [2.24, 2.45) is 0 Å². The average Bonchev–Trinajstić information content (AvgIpc) is 2.34. The summed E-state index contributed by atoms with van der Waals surface area (Å²) >= 11 is 5.88. The van der Waals surface area contributed by atoms with E-state index in [2.05, 4.69) is 0 Å². The highest BCUT2D eigenvalue weighted by Crippen LogP contribution is 2.32. The molecule has 0 aromatic heterocycles. The van der Waals surface area contributed by atoms with Gasteiger partial charge in [-0.3, -0.25) is 0 Å². The zero-order chi connectivity index (χ0) is 14.0. The van der Waals surface area contributed by atoms with Crippen molar-refractivity contribution in [3.05, 3.63) is 58.1 Å². The summed E-state index contributed by atoms with van der Waals surface area (Å²) in [6, 6.07) is 10.2. The fourth-order valence-corrected chi connectivity index (χ4v) is 2.02. The first-order valence-corrected chi connectivity index (χ1v) is 6.13. The van der Waals surface area contributed by atoms with Crippen molar-refractivity contribution in [2.75, 3.05) is 0 Å². The van der Waals surface area contributed by atoms with Crippen LogP contribution in [0.1, 0.15) is 21.5 Å². The van der Waals surface area contributed by atoms with E-state index in [9.17, 15) is 9.90 Å². The van der Waals surface area contributed by atoms with E-state index >= 15 is 0 Å². The Morgan fingerprint density at radius 2 is 1.89 bits per heavy atom. The van der Waals surface area contributed by atoms with Gasteiger partial charge in [0, 0.05) is 5.02 Å². The molecule has 3 nitrogen and oxygen atoms in total. The van der Waals surface area contributed by atoms with Gasteiger partial charge in [-0.1, -0.05) is 23.7 Å². The number of aromatic carboxylic acids is 1. The van der Waals surface area contributed by atoms with Gasteiger partial charge in [-0.05, 0) is 49.2 Å². The molecule has 0 saturated carbocycles. The quantitative estimate of drug-likeness (QED) is 0.901. The predicted octanol–water partition coefficient (Wildman–Crippen LogP) is 4.45. The molecule has 98 valence electrons. The van der Waals surface area contributed by atoms with Crippen LogP contribution in [0, 0.1) is 13.8 Å². The fourth-order valence-electron chi connectivity index (χ4n) is 1.79. The van der Waals surface area contributed by atoms with Gasteiger partial charge in [-0.2, -0.15) is 0 Å². The van der Waals surface area contributed by atoms with Crippen LogP contribution in [-0.4, -0.2) is 11.1 Å². The second-order valence-corrected chi connectivity index (χ2v) is 4.71. The number of halogens is 1. The van der Waals surface area contributed by atoms with Crippen LogP contribution in [0.5, 0.6) is 11.5 Å². The molecule has 0 unspecified atom stereocenters. The summed E-state index contributed by atoms with van der Waals surface area (Å²) in [5.41, 5.74) is 1.77. The van der Waals surface area contributed by atoms with E-state index in [4.69, 9.17) is 16.3 Å². The van der Waals surface area contributed by atoms with Gasteiger partial charge in [0.15, 0.2) is 0 Å². The van der Waals surface area contributed by atoms with Gasteiger partial charge in [0.25, 0.3) is 0 Å². The number of ether oxygens (including phenoxy) is 1. The number of aryl methyl sites for hydroxylation is 2. The van der Waals surface area contributed by atoms with Crippen molar-refractivity contribution in [3.8, 4) is 11.5 Å². The molecule has 19 heavy (non-hydrogen) atoms. The van der Waals surface area contributed by atoms with Crippen LogP contribution in [0.2, 0.25) is 5.02 Å². The average molecular weight is 277 g/mol. The predicted molar refractivity (Wildman–Crippen MR) is 74.4 cm³/mol. The van der Waals surface area contributed by atoms with Gasteiger partial charge in [0.05, 0.1) is 0 Å². The Balaban J connectivity index is 2.46. The minimum atomic E-state index is -1.01. The SMILES string of the molecule is Cc1cc(Cl)ccc1Oc1c(C)cccc1C(=O)O. The lowest BCUT2D eigenvalue weighted by atomic mass is 10.1. The summed E-state index contributed by atoms with van der Waals surface area (Å²) < 4.78 is 5.75. The van der Waals surface area contributed by atoms with Gasteiger partial charge in [-0.25, -0.2) is 4.79 Å². The van der Waals surface area contributed by atoms with E-state index in [1.807, 2.05) is 19.9 Å². The summed E-state index contributed by atoms with van der Waals surface area (Å²) in [5.74, 6) is -0.0491. The summed E-state index contributed by atoms with van der Waals surface area (Å²) in [4.78, 5) is 11.2. The number of para-hydroxylation sites is 1. The van der Waals surface area contributed by atoms with Gasteiger partial charge < -0.3 is 9.84 Å². The molecule has 0 atom stereocenters. The van der Waals surface area contributed by atoms with Crippen LogP contribution in [-0.2, 0) is 0 Å². The molecule has 0 amide bonds. The van der Waals surface area contributed by atoms with Crippen molar-refractivity contribution in [1.82, 2.24) is 0 Å². The van der Waals surface area contributed by atoms with Crippen LogP contribution in [0.25, 0.3) is 0 Å².